The lowest BCUT2D eigenvalue weighted by atomic mass is 10.2. The Morgan fingerprint density at radius 1 is 1.53 bits per heavy atom. The molecule has 6 nitrogen and oxygen atoms in total. The Labute approximate surface area is 103 Å². The van der Waals surface area contributed by atoms with Crippen molar-refractivity contribution in [2.24, 2.45) is 0 Å². The fourth-order valence-electron chi connectivity index (χ4n) is 1.83. The molecule has 92 valence electrons. The second-order valence-electron chi connectivity index (χ2n) is 3.98. The molecule has 2 N–H and O–H groups in total. The number of H-pyrrole nitrogens is 1. The maximum atomic E-state index is 11.6. The van der Waals surface area contributed by atoms with E-state index in [1.54, 1.807) is 0 Å². The van der Waals surface area contributed by atoms with E-state index in [-0.39, 0.29) is 17.2 Å². The number of rotatable bonds is 4. The molecule has 1 fully saturated rings. The molecule has 17 heavy (non-hydrogen) atoms. The van der Waals surface area contributed by atoms with Crippen molar-refractivity contribution in [1.29, 1.82) is 0 Å². The summed E-state index contributed by atoms with van der Waals surface area (Å²) in [6.07, 6.45) is 5.62. The first kappa shape index (κ1) is 12.1. The van der Waals surface area contributed by atoms with Crippen molar-refractivity contribution in [3.05, 3.63) is 16.6 Å². The van der Waals surface area contributed by atoms with Gasteiger partial charge in [-0.15, -0.1) is 5.10 Å². The van der Waals surface area contributed by atoms with Crippen molar-refractivity contribution in [3.63, 3.8) is 0 Å². The molecule has 1 heterocycles. The van der Waals surface area contributed by atoms with Crippen LogP contribution in [0.15, 0.2) is 16.1 Å². The van der Waals surface area contributed by atoms with Gasteiger partial charge in [-0.25, -0.2) is 0 Å². The highest BCUT2D eigenvalue weighted by Gasteiger charge is 2.17. The molecule has 1 saturated carbocycles. The second-order valence-corrected chi connectivity index (χ2v) is 4.94. The molecule has 0 atom stereocenters. The molecule has 0 aliphatic heterocycles. The zero-order valence-corrected chi connectivity index (χ0v) is 10.1. The number of carbonyl (C=O) groups excluding carboxylic acids is 1. The zero-order chi connectivity index (χ0) is 12.1. The Bertz CT molecular complexity index is 442. The Kier molecular flexibility index (Phi) is 4.13. The summed E-state index contributed by atoms with van der Waals surface area (Å²) in [7, 11) is 0. The molecule has 1 aliphatic carbocycles. The minimum atomic E-state index is -0.307. The van der Waals surface area contributed by atoms with Crippen LogP contribution in [-0.2, 0) is 4.79 Å². The Hall–Kier alpha value is -1.37. The summed E-state index contributed by atoms with van der Waals surface area (Å²) in [4.78, 5) is 25.0. The summed E-state index contributed by atoms with van der Waals surface area (Å²) in [5.74, 6) is 0.235. The van der Waals surface area contributed by atoms with Gasteiger partial charge in [0.25, 0.3) is 5.56 Å². The Morgan fingerprint density at radius 3 is 3.00 bits per heavy atom. The molecular weight excluding hydrogens is 240 g/mol. The van der Waals surface area contributed by atoms with Crippen molar-refractivity contribution < 1.29 is 4.79 Å². The van der Waals surface area contributed by atoms with Gasteiger partial charge in [0.05, 0.1) is 5.75 Å². The quantitative estimate of drug-likeness (QED) is 0.755. The van der Waals surface area contributed by atoms with Crippen LogP contribution in [-0.4, -0.2) is 32.9 Å². The summed E-state index contributed by atoms with van der Waals surface area (Å²) in [6.45, 7) is 0. The predicted octanol–water partition coefficient (Wildman–Crippen LogP) is 0.316. The van der Waals surface area contributed by atoms with E-state index in [9.17, 15) is 9.59 Å². The number of nitrogens with one attached hydrogen (secondary N) is 2. The number of aromatic nitrogens is 3. The van der Waals surface area contributed by atoms with Gasteiger partial charge in [-0.3, -0.25) is 14.6 Å². The van der Waals surface area contributed by atoms with Crippen LogP contribution in [0.3, 0.4) is 0 Å². The lowest BCUT2D eigenvalue weighted by molar-refractivity contribution is -0.119. The number of hydrogen-bond donors (Lipinski definition) is 2. The third kappa shape index (κ3) is 3.85. The topological polar surface area (TPSA) is 87.7 Å². The van der Waals surface area contributed by atoms with Gasteiger partial charge in [-0.1, -0.05) is 24.6 Å². The highest BCUT2D eigenvalue weighted by atomic mass is 32.2. The smallest absolute Gasteiger partial charge is 0.270 e. The van der Waals surface area contributed by atoms with Gasteiger partial charge in [0, 0.05) is 6.04 Å². The number of amides is 1. The second kappa shape index (κ2) is 5.81. The molecular formula is C10H14N4O2S. The molecule has 0 spiro atoms. The van der Waals surface area contributed by atoms with Gasteiger partial charge >= 0.3 is 0 Å². The lowest BCUT2D eigenvalue weighted by Gasteiger charge is -2.10. The van der Waals surface area contributed by atoms with Crippen LogP contribution in [0, 0.1) is 0 Å². The first-order valence-corrected chi connectivity index (χ1v) is 6.57. The van der Waals surface area contributed by atoms with E-state index in [2.05, 4.69) is 20.5 Å². The standard InChI is InChI=1S/C10H14N4O2S/c15-8-5-11-14-10(13-8)17-6-9(16)12-7-3-1-2-4-7/h5,7H,1-4,6H2,(H,12,16)(H,13,14,15). The van der Waals surface area contributed by atoms with Crippen molar-refractivity contribution in [2.45, 2.75) is 36.9 Å². The van der Waals surface area contributed by atoms with E-state index < -0.39 is 0 Å². The molecule has 1 aromatic heterocycles. The number of nitrogens with zero attached hydrogens (tertiary/aromatic N) is 2. The molecule has 0 saturated heterocycles. The van der Waals surface area contributed by atoms with Gasteiger partial charge in [0.1, 0.15) is 6.20 Å². The van der Waals surface area contributed by atoms with E-state index in [4.69, 9.17) is 0 Å². The minimum Gasteiger partial charge on any atom is -0.353 e. The minimum absolute atomic E-state index is 0.0200. The van der Waals surface area contributed by atoms with E-state index in [0.717, 1.165) is 19.0 Å². The molecule has 0 aromatic carbocycles. The van der Waals surface area contributed by atoms with E-state index in [1.165, 1.54) is 24.6 Å². The Morgan fingerprint density at radius 2 is 2.29 bits per heavy atom. The first-order valence-electron chi connectivity index (χ1n) is 5.58. The first-order chi connectivity index (χ1) is 8.24. The predicted molar refractivity (Wildman–Crippen MR) is 63.8 cm³/mol. The maximum absolute atomic E-state index is 11.6. The molecule has 0 radical (unpaired) electrons. The lowest BCUT2D eigenvalue weighted by Crippen LogP contribution is -2.33. The van der Waals surface area contributed by atoms with Gasteiger partial charge in [-0.05, 0) is 12.8 Å². The van der Waals surface area contributed by atoms with Gasteiger partial charge in [-0.2, -0.15) is 5.10 Å². The normalized spacial score (nSPS) is 16.0. The summed E-state index contributed by atoms with van der Waals surface area (Å²) in [5.41, 5.74) is -0.307. The third-order valence-electron chi connectivity index (χ3n) is 2.61. The van der Waals surface area contributed by atoms with Crippen molar-refractivity contribution in [1.82, 2.24) is 20.5 Å². The van der Waals surface area contributed by atoms with E-state index >= 15 is 0 Å². The van der Waals surface area contributed by atoms with Gasteiger partial charge < -0.3 is 5.32 Å². The molecule has 0 unspecified atom stereocenters. The monoisotopic (exact) mass is 254 g/mol. The summed E-state index contributed by atoms with van der Waals surface area (Å²) >= 11 is 1.18. The highest BCUT2D eigenvalue weighted by Crippen LogP contribution is 2.18. The van der Waals surface area contributed by atoms with Crippen LogP contribution >= 0.6 is 11.8 Å². The molecule has 0 bridgehead atoms. The van der Waals surface area contributed by atoms with Crippen LogP contribution in [0.2, 0.25) is 0 Å². The third-order valence-corrected chi connectivity index (χ3v) is 3.48. The number of carbonyl (C=O) groups is 1. The number of aromatic amines is 1. The molecule has 2 rings (SSSR count). The van der Waals surface area contributed by atoms with Gasteiger partial charge in [0.15, 0.2) is 5.16 Å². The summed E-state index contributed by atoms with van der Waals surface area (Å²) < 4.78 is 0. The largest absolute Gasteiger partial charge is 0.353 e. The van der Waals surface area contributed by atoms with Crippen LogP contribution < -0.4 is 10.9 Å². The fraction of sp³-hybridized carbons (Fsp3) is 0.600. The SMILES string of the molecule is O=C(CSc1nncc(=O)[nH]1)NC1CCCC1. The van der Waals surface area contributed by atoms with Crippen molar-refractivity contribution in [3.8, 4) is 0 Å². The van der Waals surface area contributed by atoms with Crippen molar-refractivity contribution >= 4 is 17.7 Å². The Balaban J connectivity index is 1.77. The molecule has 1 amide bonds. The molecule has 7 heteroatoms. The fourth-order valence-corrected chi connectivity index (χ4v) is 2.46. The summed E-state index contributed by atoms with van der Waals surface area (Å²) in [6, 6.07) is 0.323. The zero-order valence-electron chi connectivity index (χ0n) is 9.31. The molecule has 1 aromatic rings. The van der Waals surface area contributed by atoms with E-state index in [1.807, 2.05) is 0 Å². The van der Waals surface area contributed by atoms with E-state index in [0.29, 0.717) is 11.2 Å². The van der Waals surface area contributed by atoms with Crippen molar-refractivity contribution in [2.75, 3.05) is 5.75 Å². The van der Waals surface area contributed by atoms with Crippen LogP contribution in [0.4, 0.5) is 0 Å². The van der Waals surface area contributed by atoms with Crippen LogP contribution in [0.5, 0.6) is 0 Å². The number of thioether (sulfide) groups is 1. The van der Waals surface area contributed by atoms with Crippen LogP contribution in [0.1, 0.15) is 25.7 Å². The number of hydrogen-bond acceptors (Lipinski definition) is 5. The highest BCUT2D eigenvalue weighted by molar-refractivity contribution is 7.99. The average molecular weight is 254 g/mol. The molecule has 1 aliphatic rings. The maximum Gasteiger partial charge on any atom is 0.270 e. The average Bonchev–Trinajstić information content (AvgIpc) is 2.79. The van der Waals surface area contributed by atoms with Gasteiger partial charge in [0.2, 0.25) is 5.91 Å². The summed E-state index contributed by atoms with van der Waals surface area (Å²) in [5, 5.41) is 10.6. The van der Waals surface area contributed by atoms with Crippen LogP contribution in [0.25, 0.3) is 0 Å².